The number of carbonyl (C=O) groups is 1. The fourth-order valence-corrected chi connectivity index (χ4v) is 0.954. The Kier molecular flexibility index (Phi) is 3.29. The van der Waals surface area contributed by atoms with Gasteiger partial charge in [-0.1, -0.05) is 0 Å². The predicted molar refractivity (Wildman–Crippen MR) is 40.8 cm³/mol. The molecule has 0 radical (unpaired) electrons. The van der Waals surface area contributed by atoms with Gasteiger partial charge in [0.1, 0.15) is 5.97 Å². The van der Waals surface area contributed by atoms with Gasteiger partial charge in [-0.2, -0.15) is 5.10 Å². The number of rotatable bonds is 2. The van der Waals surface area contributed by atoms with Crippen LogP contribution in [0.2, 0.25) is 0 Å². The van der Waals surface area contributed by atoms with E-state index in [1.54, 1.807) is 13.2 Å². The van der Waals surface area contributed by atoms with E-state index in [4.69, 9.17) is 4.42 Å². The second kappa shape index (κ2) is 4.29. The first-order valence-corrected chi connectivity index (χ1v) is 3.70. The van der Waals surface area contributed by atoms with Gasteiger partial charge in [-0.05, 0) is 0 Å². The van der Waals surface area contributed by atoms with Crippen molar-refractivity contribution < 1.29 is 33.2 Å². The maximum atomic E-state index is 10.3. The van der Waals surface area contributed by atoms with Gasteiger partial charge in [-0.25, -0.2) is 0 Å². The number of carboxylic acids is 1. The molecule has 2 rings (SSSR count). The number of aryl methyl sites for hydroxylation is 1. The first-order chi connectivity index (χ1) is 6.66. The van der Waals surface area contributed by atoms with Gasteiger partial charge in [0.05, 0.1) is 11.8 Å². The van der Waals surface area contributed by atoms with Crippen LogP contribution in [0.5, 0.6) is 0 Å². The topological polar surface area (TPSA) is 96.9 Å². The van der Waals surface area contributed by atoms with Crippen molar-refractivity contribution in [3.8, 4) is 11.5 Å². The Balaban J connectivity index is 0.00000112. The molecule has 0 bridgehead atoms. The minimum Gasteiger partial charge on any atom is -0.540 e. The number of aromatic carboxylic acids is 1. The van der Waals surface area contributed by atoms with E-state index in [-0.39, 0.29) is 24.8 Å². The average molecular weight is 200 g/mol. The minimum atomic E-state index is -1.49. The third kappa shape index (κ3) is 2.26. The van der Waals surface area contributed by atoms with Gasteiger partial charge in [0, 0.05) is 13.2 Å². The van der Waals surface area contributed by atoms with Gasteiger partial charge in [0.25, 0.3) is 11.8 Å². The summed E-state index contributed by atoms with van der Waals surface area (Å²) >= 11 is 0. The third-order valence-corrected chi connectivity index (χ3v) is 1.55. The van der Waals surface area contributed by atoms with Crippen LogP contribution in [0.3, 0.4) is 0 Å². The third-order valence-electron chi connectivity index (χ3n) is 1.55. The first-order valence-electron chi connectivity index (χ1n) is 3.70. The summed E-state index contributed by atoms with van der Waals surface area (Å²) in [5.74, 6) is -1.92. The van der Waals surface area contributed by atoms with Gasteiger partial charge < -0.3 is 14.3 Å². The number of nitrogens with zero attached hydrogens (tertiary/aromatic N) is 4. The average Bonchev–Trinajstić information content (AvgIpc) is 2.70. The van der Waals surface area contributed by atoms with Crippen molar-refractivity contribution >= 4 is 5.97 Å². The number of carbonyl (C=O) groups excluding carboxylic acids is 1. The molecule has 72 valence electrons. The minimum absolute atomic E-state index is 0. The van der Waals surface area contributed by atoms with Crippen molar-refractivity contribution in [2.24, 2.45) is 7.05 Å². The standard InChI is InChI=1S/C7H6N4O3.Li/c1-11-3-4(2-8-11)5-9-10-6(14-5)7(12)13;/h2-3H,1H3,(H,12,13);/q;+1/p-1. The summed E-state index contributed by atoms with van der Waals surface area (Å²) in [6.45, 7) is 0. The van der Waals surface area contributed by atoms with Crippen molar-refractivity contribution in [2.45, 2.75) is 0 Å². The van der Waals surface area contributed by atoms with Crippen LogP contribution < -0.4 is 24.0 Å². The molecule has 7 nitrogen and oxygen atoms in total. The quantitative estimate of drug-likeness (QED) is 0.456. The van der Waals surface area contributed by atoms with Crippen LogP contribution >= 0.6 is 0 Å². The van der Waals surface area contributed by atoms with Crippen LogP contribution in [0.1, 0.15) is 10.7 Å². The monoisotopic (exact) mass is 200 g/mol. The van der Waals surface area contributed by atoms with Crippen molar-refractivity contribution in [3.63, 3.8) is 0 Å². The second-order valence-corrected chi connectivity index (χ2v) is 2.60. The van der Waals surface area contributed by atoms with E-state index in [0.717, 1.165) is 0 Å². The Morgan fingerprint density at radius 1 is 1.53 bits per heavy atom. The molecular weight excluding hydrogens is 195 g/mol. The summed E-state index contributed by atoms with van der Waals surface area (Å²) in [4.78, 5) is 10.3. The van der Waals surface area contributed by atoms with Gasteiger partial charge in [0.2, 0.25) is 0 Å². The van der Waals surface area contributed by atoms with Crippen LogP contribution in [0, 0.1) is 0 Å². The van der Waals surface area contributed by atoms with E-state index < -0.39 is 11.9 Å². The molecule has 15 heavy (non-hydrogen) atoms. The molecule has 0 aliphatic rings. The van der Waals surface area contributed by atoms with Crippen LogP contribution in [-0.2, 0) is 7.05 Å². The summed E-state index contributed by atoms with van der Waals surface area (Å²) in [6.07, 6.45) is 3.12. The summed E-state index contributed by atoms with van der Waals surface area (Å²) < 4.78 is 6.35. The fraction of sp³-hybridized carbons (Fsp3) is 0.143. The molecule has 8 heteroatoms. The van der Waals surface area contributed by atoms with E-state index >= 15 is 0 Å². The number of hydrogen-bond acceptors (Lipinski definition) is 6. The summed E-state index contributed by atoms with van der Waals surface area (Å²) in [6, 6.07) is 0. The van der Waals surface area contributed by atoms with Gasteiger partial charge in [0.15, 0.2) is 0 Å². The summed E-state index contributed by atoms with van der Waals surface area (Å²) in [5, 5.41) is 21.0. The normalized spacial score (nSPS) is 9.67. The molecule has 2 aromatic heterocycles. The fourth-order valence-electron chi connectivity index (χ4n) is 0.954. The summed E-state index contributed by atoms with van der Waals surface area (Å²) in [7, 11) is 1.72. The molecule has 0 unspecified atom stereocenters. The molecule has 2 heterocycles. The maximum absolute atomic E-state index is 10.3. The Morgan fingerprint density at radius 3 is 2.73 bits per heavy atom. The zero-order valence-electron chi connectivity index (χ0n) is 8.17. The van der Waals surface area contributed by atoms with E-state index in [1.807, 2.05) is 0 Å². The Hall–Kier alpha value is -1.58. The Labute approximate surface area is 96.3 Å². The molecule has 0 aromatic carbocycles. The Bertz CT molecular complexity index is 478. The number of hydrogen-bond donors (Lipinski definition) is 0. The molecule has 0 saturated heterocycles. The molecule has 0 amide bonds. The largest absolute Gasteiger partial charge is 1.00 e. The molecule has 0 saturated carbocycles. The van der Waals surface area contributed by atoms with Gasteiger partial charge in [-0.15, -0.1) is 10.2 Å². The summed E-state index contributed by atoms with van der Waals surface area (Å²) in [5.41, 5.74) is 0.563. The molecule has 0 spiro atoms. The molecule has 0 N–H and O–H groups in total. The van der Waals surface area contributed by atoms with E-state index in [9.17, 15) is 9.90 Å². The van der Waals surface area contributed by atoms with Crippen molar-refractivity contribution in [2.75, 3.05) is 0 Å². The molecule has 0 fully saturated rings. The van der Waals surface area contributed by atoms with Crippen LogP contribution in [0.25, 0.3) is 11.5 Å². The molecule has 0 aliphatic heterocycles. The molecule has 0 atom stereocenters. The number of aromatic nitrogens is 4. The van der Waals surface area contributed by atoms with Crippen molar-refractivity contribution in [1.29, 1.82) is 0 Å². The molecular formula is C7H5LiN4O3. The number of carboxylic acid groups (broad SMARTS) is 1. The van der Waals surface area contributed by atoms with E-state index in [1.165, 1.54) is 10.9 Å². The van der Waals surface area contributed by atoms with Crippen LogP contribution in [0.15, 0.2) is 16.8 Å². The van der Waals surface area contributed by atoms with Gasteiger partial charge in [-0.3, -0.25) is 4.68 Å². The zero-order chi connectivity index (χ0) is 10.1. The first kappa shape index (κ1) is 11.5. The van der Waals surface area contributed by atoms with Crippen LogP contribution in [-0.4, -0.2) is 25.9 Å². The predicted octanol–water partition coefficient (Wildman–Crippen LogP) is -4.16. The van der Waals surface area contributed by atoms with Crippen LogP contribution in [0.4, 0.5) is 0 Å². The second-order valence-electron chi connectivity index (χ2n) is 2.60. The van der Waals surface area contributed by atoms with Crippen molar-refractivity contribution in [1.82, 2.24) is 20.0 Å². The van der Waals surface area contributed by atoms with E-state index in [0.29, 0.717) is 5.56 Å². The SMILES string of the molecule is Cn1cc(-c2nnc(C(=O)[O-])o2)cn1.[Li+]. The smallest absolute Gasteiger partial charge is 0.540 e. The van der Waals surface area contributed by atoms with E-state index in [2.05, 4.69) is 15.3 Å². The maximum Gasteiger partial charge on any atom is 1.00 e. The van der Waals surface area contributed by atoms with Crippen molar-refractivity contribution in [3.05, 3.63) is 18.3 Å². The zero-order valence-corrected chi connectivity index (χ0v) is 8.17. The molecule has 0 aliphatic carbocycles. The Morgan fingerprint density at radius 2 is 2.27 bits per heavy atom. The van der Waals surface area contributed by atoms with Gasteiger partial charge >= 0.3 is 18.9 Å². The molecule has 2 aromatic rings.